The van der Waals surface area contributed by atoms with Crippen molar-refractivity contribution in [1.29, 1.82) is 0 Å². The van der Waals surface area contributed by atoms with Crippen LogP contribution in [0.25, 0.3) is 0 Å². The van der Waals surface area contributed by atoms with E-state index in [9.17, 15) is 24.6 Å². The predicted molar refractivity (Wildman–Crippen MR) is 123 cm³/mol. The zero-order valence-corrected chi connectivity index (χ0v) is 20.2. The Morgan fingerprint density at radius 3 is 2.83 bits per heavy atom. The Balaban J connectivity index is 1.36. The number of hydrogen-bond donors (Lipinski definition) is 4. The lowest BCUT2D eigenvalue weighted by Gasteiger charge is -2.61. The molecule has 2 aliphatic heterocycles. The largest absolute Gasteiger partial charge is 0.493 e. The van der Waals surface area contributed by atoms with Crippen molar-refractivity contribution in [3.8, 4) is 11.5 Å². The molecule has 2 aliphatic carbocycles. The van der Waals surface area contributed by atoms with Crippen LogP contribution in [0.3, 0.4) is 0 Å². The van der Waals surface area contributed by atoms with E-state index < -0.39 is 47.5 Å². The van der Waals surface area contributed by atoms with Crippen LogP contribution in [-0.4, -0.2) is 89.2 Å². The van der Waals surface area contributed by atoms with Gasteiger partial charge >= 0.3 is 11.9 Å². The highest BCUT2D eigenvalue weighted by Crippen LogP contribution is 2.65. The van der Waals surface area contributed by atoms with Crippen molar-refractivity contribution in [2.24, 2.45) is 0 Å². The van der Waals surface area contributed by atoms with E-state index in [1.54, 1.807) is 13.2 Å². The van der Waals surface area contributed by atoms with Gasteiger partial charge in [0.05, 0.1) is 31.0 Å². The maximum Gasteiger partial charge on any atom is 0.333 e. The van der Waals surface area contributed by atoms with Gasteiger partial charge in [0.1, 0.15) is 5.76 Å². The van der Waals surface area contributed by atoms with Crippen LogP contribution < -0.4 is 14.8 Å². The monoisotopic (exact) mass is 502 g/mol. The van der Waals surface area contributed by atoms with Gasteiger partial charge in [-0.05, 0) is 44.1 Å². The average Bonchev–Trinajstić information content (AvgIpc) is 3.18. The van der Waals surface area contributed by atoms with E-state index in [-0.39, 0.29) is 19.0 Å². The van der Waals surface area contributed by atoms with Gasteiger partial charge in [-0.2, -0.15) is 0 Å². The van der Waals surface area contributed by atoms with E-state index in [2.05, 4.69) is 10.2 Å². The van der Waals surface area contributed by atoms with Crippen molar-refractivity contribution < 1.29 is 43.9 Å². The van der Waals surface area contributed by atoms with Crippen molar-refractivity contribution in [2.45, 2.75) is 61.4 Å². The number of methoxy groups -OCH3 is 1. The highest BCUT2D eigenvalue weighted by molar-refractivity contribution is 5.83. The van der Waals surface area contributed by atoms with Gasteiger partial charge < -0.3 is 39.7 Å². The number of hydrogen-bond acceptors (Lipinski definition) is 9. The first-order valence-electron chi connectivity index (χ1n) is 12.0. The fraction of sp³-hybridized carbons (Fsp3) is 0.560. The summed E-state index contributed by atoms with van der Waals surface area (Å²) < 4.78 is 17.7. The first kappa shape index (κ1) is 24.5. The molecule has 2 bridgehead atoms. The van der Waals surface area contributed by atoms with Crippen LogP contribution in [0.4, 0.5) is 0 Å². The zero-order valence-electron chi connectivity index (χ0n) is 20.2. The van der Waals surface area contributed by atoms with E-state index in [1.807, 2.05) is 19.2 Å². The van der Waals surface area contributed by atoms with E-state index in [0.29, 0.717) is 36.5 Å². The summed E-state index contributed by atoms with van der Waals surface area (Å²) in [5, 5.41) is 32.5. The molecule has 4 aliphatic rings. The molecule has 2 heterocycles. The maximum atomic E-state index is 12.7. The number of rotatable bonds is 8. The number of aliphatic carboxylic acids is 1. The molecule has 194 valence electrons. The summed E-state index contributed by atoms with van der Waals surface area (Å²) in [6, 6.07) is 3.76. The Labute approximate surface area is 207 Å². The molecule has 1 saturated heterocycles. The number of likely N-dealkylation sites (tertiary alicyclic amines) is 1. The van der Waals surface area contributed by atoms with Gasteiger partial charge in [0.2, 0.25) is 5.91 Å². The van der Waals surface area contributed by atoms with E-state index in [1.165, 1.54) is 0 Å². The van der Waals surface area contributed by atoms with Gasteiger partial charge in [-0.1, -0.05) is 6.07 Å². The second kappa shape index (κ2) is 8.75. The van der Waals surface area contributed by atoms with Crippen LogP contribution in [0.15, 0.2) is 24.0 Å². The molecule has 1 aromatic carbocycles. The molecule has 11 nitrogen and oxygen atoms in total. The molecule has 1 spiro atoms. The smallest absolute Gasteiger partial charge is 0.333 e. The topological polar surface area (TPSA) is 155 Å². The van der Waals surface area contributed by atoms with Gasteiger partial charge in [-0.3, -0.25) is 9.59 Å². The summed E-state index contributed by atoms with van der Waals surface area (Å²) in [6.45, 7) is 0.668. The molecule has 1 amide bonds. The van der Waals surface area contributed by atoms with Crippen molar-refractivity contribution in [1.82, 2.24) is 10.2 Å². The Hall–Kier alpha value is -3.15. The first-order chi connectivity index (χ1) is 17.1. The number of aliphatic hydroxyl groups excluding tert-OH is 1. The molecule has 1 aromatic rings. The number of amides is 1. The molecular weight excluding hydrogens is 472 g/mol. The van der Waals surface area contributed by atoms with E-state index in [0.717, 1.165) is 17.7 Å². The fourth-order valence-corrected chi connectivity index (χ4v) is 6.41. The lowest BCUT2D eigenvalue weighted by atomic mass is 9.50. The summed E-state index contributed by atoms with van der Waals surface area (Å²) in [7, 11) is 3.58. The van der Waals surface area contributed by atoms with Gasteiger partial charge in [-0.25, -0.2) is 4.79 Å². The number of carboxylic acid groups (broad SMARTS) is 1. The SMILES string of the molecule is COc1ccc2c3c1O[C@H]1C(OC(=O)CCNC(=O)C[C@H](O)C(=O)O)=CC[C@@]4(O)[C@H](C2)N(C)CC[C@]314. The van der Waals surface area contributed by atoms with Crippen molar-refractivity contribution in [3.63, 3.8) is 0 Å². The van der Waals surface area contributed by atoms with Crippen LogP contribution in [0.1, 0.15) is 36.8 Å². The predicted octanol–water partition coefficient (Wildman–Crippen LogP) is -0.142. The molecule has 0 radical (unpaired) electrons. The van der Waals surface area contributed by atoms with Crippen LogP contribution in [0.5, 0.6) is 11.5 Å². The van der Waals surface area contributed by atoms with Crippen molar-refractivity contribution in [2.75, 3.05) is 27.2 Å². The standard InChI is InChI=1S/C25H30N2O9/c1-27-10-8-24-20-13-3-4-15(34-2)21(20)36-22(24)16(5-7-25(24,33)17(27)11-13)35-19(30)6-9-26-18(29)12-14(28)23(31)32/h3-5,14,17,22,28,33H,6-12H2,1-2H3,(H,26,29)(H,31,32)/t14-,17-,22-,24-,25+/m0/s1. The third kappa shape index (κ3) is 3.48. The Kier molecular flexibility index (Phi) is 5.97. The third-order valence-electron chi connectivity index (χ3n) is 8.10. The Morgan fingerprint density at radius 1 is 1.33 bits per heavy atom. The summed E-state index contributed by atoms with van der Waals surface area (Å²) in [5.74, 6) is -1.32. The molecule has 11 heteroatoms. The number of benzene rings is 1. The summed E-state index contributed by atoms with van der Waals surface area (Å²) in [6.07, 6.45) is 0.0268. The highest BCUT2D eigenvalue weighted by atomic mass is 16.6. The normalized spacial score (nSPS) is 30.4. The highest BCUT2D eigenvalue weighted by Gasteiger charge is 2.72. The third-order valence-corrected chi connectivity index (χ3v) is 8.10. The molecule has 0 aromatic heterocycles. The Bertz CT molecular complexity index is 1150. The van der Waals surface area contributed by atoms with E-state index >= 15 is 0 Å². The average molecular weight is 503 g/mol. The lowest BCUT2D eigenvalue weighted by Crippen LogP contribution is -2.74. The number of likely N-dealkylation sites (N-methyl/N-ethyl adjacent to an activating group) is 1. The molecular formula is C25H30N2O9. The minimum atomic E-state index is -1.81. The molecule has 36 heavy (non-hydrogen) atoms. The van der Waals surface area contributed by atoms with E-state index in [4.69, 9.17) is 19.3 Å². The second-order valence-corrected chi connectivity index (χ2v) is 9.92. The number of nitrogens with one attached hydrogen (secondary N) is 1. The molecule has 5 atom stereocenters. The first-order valence-corrected chi connectivity index (χ1v) is 12.0. The molecule has 5 rings (SSSR count). The van der Waals surface area contributed by atoms with Crippen LogP contribution >= 0.6 is 0 Å². The Morgan fingerprint density at radius 2 is 2.11 bits per heavy atom. The van der Waals surface area contributed by atoms with Gasteiger partial charge in [0.25, 0.3) is 0 Å². The van der Waals surface area contributed by atoms with Crippen molar-refractivity contribution in [3.05, 3.63) is 35.1 Å². The number of carboxylic acids is 1. The van der Waals surface area contributed by atoms with Crippen LogP contribution in [0.2, 0.25) is 0 Å². The molecule has 4 N–H and O–H groups in total. The lowest BCUT2D eigenvalue weighted by molar-refractivity contribution is -0.169. The van der Waals surface area contributed by atoms with Crippen LogP contribution in [-0.2, 0) is 31.0 Å². The summed E-state index contributed by atoms with van der Waals surface area (Å²) in [5.41, 5.74) is 0.134. The summed E-state index contributed by atoms with van der Waals surface area (Å²) >= 11 is 0. The fourth-order valence-electron chi connectivity index (χ4n) is 6.41. The number of aliphatic hydroxyl groups is 2. The number of carbonyl (C=O) groups is 3. The molecule has 0 unspecified atom stereocenters. The minimum Gasteiger partial charge on any atom is -0.493 e. The number of carbonyl (C=O) groups excluding carboxylic acids is 2. The van der Waals surface area contributed by atoms with Gasteiger partial charge in [-0.15, -0.1) is 0 Å². The number of esters is 1. The quantitative estimate of drug-likeness (QED) is 0.353. The van der Waals surface area contributed by atoms with Gasteiger partial charge in [0, 0.05) is 24.6 Å². The minimum absolute atomic E-state index is 0.0804. The summed E-state index contributed by atoms with van der Waals surface area (Å²) in [4.78, 5) is 37.3. The maximum absolute atomic E-state index is 12.7. The molecule has 0 saturated carbocycles. The van der Waals surface area contributed by atoms with Crippen molar-refractivity contribution >= 4 is 17.8 Å². The van der Waals surface area contributed by atoms with Gasteiger partial charge in [0.15, 0.2) is 23.7 Å². The second-order valence-electron chi connectivity index (χ2n) is 9.92. The number of ether oxygens (including phenoxy) is 3. The molecule has 1 fully saturated rings. The number of piperidine rings is 1. The number of nitrogens with zero attached hydrogens (tertiary/aromatic N) is 1. The zero-order chi connectivity index (χ0) is 25.8. The van der Waals surface area contributed by atoms with Crippen LogP contribution in [0, 0.1) is 0 Å².